The van der Waals surface area contributed by atoms with Crippen LogP contribution in [0, 0.1) is 5.92 Å². The van der Waals surface area contributed by atoms with Gasteiger partial charge in [-0.15, -0.1) is 0 Å². The van der Waals surface area contributed by atoms with Gasteiger partial charge in [0.2, 0.25) is 11.8 Å². The molecule has 2 amide bonds. The third kappa shape index (κ3) is 6.87. The summed E-state index contributed by atoms with van der Waals surface area (Å²) in [5.41, 5.74) is 5.47. The standard InChI is InChI=1S/C28H39N3O5/c32-26(30-36-19-20-11-5-1-2-6-12-20)15-7-3-4-8-16-27(33)31-18-22-21-13-9-10-14-23(21)29-24(22)17-25(31)28(34)35/h9-10,13-14,20,25,29H,1-8,11-12,15-19H2,(H,30,32)(H,34,35)/t25-/m1/s1. The van der Waals surface area contributed by atoms with Gasteiger partial charge in [0.1, 0.15) is 6.04 Å². The fourth-order valence-corrected chi connectivity index (χ4v) is 5.56. The number of hydrogen-bond acceptors (Lipinski definition) is 4. The molecule has 0 saturated heterocycles. The highest BCUT2D eigenvalue weighted by Crippen LogP contribution is 2.31. The molecule has 2 heterocycles. The number of aromatic amines is 1. The molecule has 0 bridgehead atoms. The number of benzene rings is 1. The largest absolute Gasteiger partial charge is 0.480 e. The number of para-hydroxylation sites is 1. The fraction of sp³-hybridized carbons (Fsp3) is 0.607. The van der Waals surface area contributed by atoms with Crippen molar-refractivity contribution in [3.63, 3.8) is 0 Å². The van der Waals surface area contributed by atoms with Crippen LogP contribution in [0.5, 0.6) is 0 Å². The second kappa shape index (κ2) is 12.9. The van der Waals surface area contributed by atoms with Gasteiger partial charge in [0.05, 0.1) is 6.61 Å². The number of aliphatic carboxylic acids is 1. The van der Waals surface area contributed by atoms with Gasteiger partial charge in [-0.2, -0.15) is 0 Å². The monoisotopic (exact) mass is 497 g/mol. The lowest BCUT2D eigenvalue weighted by Gasteiger charge is -2.33. The third-order valence-electron chi connectivity index (χ3n) is 7.63. The highest BCUT2D eigenvalue weighted by Gasteiger charge is 2.35. The smallest absolute Gasteiger partial charge is 0.326 e. The van der Waals surface area contributed by atoms with Gasteiger partial charge in [-0.1, -0.05) is 56.7 Å². The molecule has 1 aromatic heterocycles. The van der Waals surface area contributed by atoms with E-state index in [0.29, 0.717) is 44.8 Å². The van der Waals surface area contributed by atoms with E-state index in [0.717, 1.165) is 41.4 Å². The molecule has 4 rings (SSSR count). The number of carbonyl (C=O) groups excluding carboxylic acids is 2. The molecule has 3 N–H and O–H groups in total. The summed E-state index contributed by atoms with van der Waals surface area (Å²) in [5, 5.41) is 10.8. The van der Waals surface area contributed by atoms with Crippen LogP contribution in [-0.2, 0) is 32.2 Å². The van der Waals surface area contributed by atoms with Crippen molar-refractivity contribution in [1.82, 2.24) is 15.4 Å². The van der Waals surface area contributed by atoms with Crippen LogP contribution in [0.4, 0.5) is 0 Å². The summed E-state index contributed by atoms with van der Waals surface area (Å²) >= 11 is 0. The topological polar surface area (TPSA) is 112 Å². The number of hydrogen-bond donors (Lipinski definition) is 3. The number of nitrogens with one attached hydrogen (secondary N) is 2. The van der Waals surface area contributed by atoms with Crippen molar-refractivity contribution in [3.8, 4) is 0 Å². The summed E-state index contributed by atoms with van der Waals surface area (Å²) in [6.07, 6.45) is 11.6. The number of H-pyrrole nitrogens is 1. The average molecular weight is 498 g/mol. The van der Waals surface area contributed by atoms with Crippen LogP contribution in [-0.4, -0.2) is 45.4 Å². The Morgan fingerprint density at radius 2 is 1.72 bits per heavy atom. The maximum Gasteiger partial charge on any atom is 0.326 e. The lowest BCUT2D eigenvalue weighted by Crippen LogP contribution is -2.48. The number of carbonyl (C=O) groups is 3. The van der Waals surface area contributed by atoms with Crippen molar-refractivity contribution in [2.45, 2.75) is 96.1 Å². The zero-order valence-corrected chi connectivity index (χ0v) is 21.1. The first-order chi connectivity index (χ1) is 17.5. The molecular formula is C28H39N3O5. The molecule has 0 unspecified atom stereocenters. The summed E-state index contributed by atoms with van der Waals surface area (Å²) < 4.78 is 0. The Labute approximate surface area is 212 Å². The number of hydroxylamine groups is 1. The molecule has 2 aromatic rings. The van der Waals surface area contributed by atoms with Gasteiger partial charge in [0.25, 0.3) is 0 Å². The normalized spacial score (nSPS) is 18.6. The Bertz CT molecular complexity index is 1040. The van der Waals surface area contributed by atoms with Crippen molar-refractivity contribution in [1.29, 1.82) is 0 Å². The molecular weight excluding hydrogens is 458 g/mol. The Kier molecular flexibility index (Phi) is 9.39. The predicted molar refractivity (Wildman–Crippen MR) is 137 cm³/mol. The minimum atomic E-state index is -0.972. The van der Waals surface area contributed by atoms with E-state index in [1.807, 2.05) is 24.3 Å². The van der Waals surface area contributed by atoms with Crippen LogP contribution in [0.2, 0.25) is 0 Å². The number of rotatable bonds is 11. The molecule has 196 valence electrons. The summed E-state index contributed by atoms with van der Waals surface area (Å²) in [6, 6.07) is 7.03. The maximum atomic E-state index is 13.0. The van der Waals surface area contributed by atoms with E-state index < -0.39 is 12.0 Å². The van der Waals surface area contributed by atoms with Gasteiger partial charge in [0.15, 0.2) is 0 Å². The molecule has 2 aliphatic rings. The van der Waals surface area contributed by atoms with Gasteiger partial charge in [-0.05, 0) is 37.7 Å². The quantitative estimate of drug-likeness (QED) is 0.233. The Morgan fingerprint density at radius 3 is 2.47 bits per heavy atom. The van der Waals surface area contributed by atoms with Gasteiger partial charge in [0, 0.05) is 48.0 Å². The maximum absolute atomic E-state index is 13.0. The Hall–Kier alpha value is -2.87. The third-order valence-corrected chi connectivity index (χ3v) is 7.63. The average Bonchev–Trinajstić information content (AvgIpc) is 3.03. The lowest BCUT2D eigenvalue weighted by molar-refractivity contribution is -0.151. The highest BCUT2D eigenvalue weighted by atomic mass is 16.6. The van der Waals surface area contributed by atoms with Crippen LogP contribution in [0.3, 0.4) is 0 Å². The van der Waals surface area contributed by atoms with Gasteiger partial charge in [-0.25, -0.2) is 10.3 Å². The highest BCUT2D eigenvalue weighted by molar-refractivity contribution is 5.89. The molecule has 8 heteroatoms. The predicted octanol–water partition coefficient (Wildman–Crippen LogP) is 4.86. The molecule has 1 saturated carbocycles. The van der Waals surface area contributed by atoms with E-state index in [4.69, 9.17) is 4.84 Å². The van der Waals surface area contributed by atoms with Crippen molar-refractivity contribution in [2.75, 3.05) is 6.61 Å². The Morgan fingerprint density at radius 1 is 1.00 bits per heavy atom. The summed E-state index contributed by atoms with van der Waals surface area (Å²) in [7, 11) is 0. The molecule has 1 aliphatic heterocycles. The summed E-state index contributed by atoms with van der Waals surface area (Å²) in [4.78, 5) is 47.2. The van der Waals surface area contributed by atoms with E-state index in [2.05, 4.69) is 10.5 Å². The number of carboxylic acid groups (broad SMARTS) is 1. The zero-order chi connectivity index (χ0) is 25.3. The van der Waals surface area contributed by atoms with Crippen LogP contribution >= 0.6 is 0 Å². The summed E-state index contributed by atoms with van der Waals surface area (Å²) in [6.45, 7) is 0.915. The molecule has 1 atom stereocenters. The van der Waals surface area contributed by atoms with Crippen molar-refractivity contribution >= 4 is 28.7 Å². The number of nitrogens with zero attached hydrogens (tertiary/aromatic N) is 1. The van der Waals surface area contributed by atoms with Crippen molar-refractivity contribution in [3.05, 3.63) is 35.5 Å². The van der Waals surface area contributed by atoms with Crippen LogP contribution in [0.1, 0.15) is 88.3 Å². The van der Waals surface area contributed by atoms with Gasteiger partial charge >= 0.3 is 5.97 Å². The van der Waals surface area contributed by atoms with E-state index in [1.165, 1.54) is 43.4 Å². The minimum absolute atomic E-state index is 0.0909. The van der Waals surface area contributed by atoms with Crippen molar-refractivity contribution < 1.29 is 24.3 Å². The second-order valence-electron chi connectivity index (χ2n) is 10.3. The molecule has 1 fully saturated rings. The second-order valence-corrected chi connectivity index (χ2v) is 10.3. The molecule has 1 aliphatic carbocycles. The first-order valence-corrected chi connectivity index (χ1v) is 13.5. The van der Waals surface area contributed by atoms with E-state index in [9.17, 15) is 19.5 Å². The first kappa shape index (κ1) is 26.2. The fourth-order valence-electron chi connectivity index (χ4n) is 5.56. The molecule has 8 nitrogen and oxygen atoms in total. The molecule has 1 aromatic carbocycles. The van der Waals surface area contributed by atoms with Crippen LogP contribution in [0.25, 0.3) is 10.9 Å². The van der Waals surface area contributed by atoms with E-state index in [-0.39, 0.29) is 11.8 Å². The number of aromatic nitrogens is 1. The van der Waals surface area contributed by atoms with Crippen LogP contribution in [0.15, 0.2) is 24.3 Å². The zero-order valence-electron chi connectivity index (χ0n) is 21.1. The van der Waals surface area contributed by atoms with Gasteiger partial charge in [-0.3, -0.25) is 14.4 Å². The number of fused-ring (bicyclic) bond motifs is 3. The molecule has 36 heavy (non-hydrogen) atoms. The molecule has 0 radical (unpaired) electrons. The SMILES string of the molecule is O=C(CCCCCCC(=O)N1Cc2c([nH]c3ccccc23)C[C@@H]1C(=O)O)NOCC1CCCCCC1. The van der Waals surface area contributed by atoms with E-state index in [1.54, 1.807) is 0 Å². The number of unbranched alkanes of at least 4 members (excludes halogenated alkanes) is 3. The van der Waals surface area contributed by atoms with Crippen molar-refractivity contribution in [2.24, 2.45) is 5.92 Å². The number of amides is 2. The Balaban J connectivity index is 1.14. The first-order valence-electron chi connectivity index (χ1n) is 13.5. The van der Waals surface area contributed by atoms with E-state index >= 15 is 0 Å². The summed E-state index contributed by atoms with van der Waals surface area (Å²) in [5.74, 6) is -0.636. The lowest BCUT2D eigenvalue weighted by atomic mass is 9.97. The molecule has 0 spiro atoms. The minimum Gasteiger partial charge on any atom is -0.480 e. The van der Waals surface area contributed by atoms with Gasteiger partial charge < -0.3 is 15.0 Å². The number of carboxylic acids is 1. The van der Waals surface area contributed by atoms with Crippen LogP contribution < -0.4 is 5.48 Å².